The van der Waals surface area contributed by atoms with Crippen molar-refractivity contribution in [3.8, 4) is 0 Å². The maximum absolute atomic E-state index is 12.1. The quantitative estimate of drug-likeness (QED) is 0.781. The Labute approximate surface area is 139 Å². The SMILES string of the molecule is Cc1ncc(Cc2nc(C3CC3)nn2Cc2ccccc2)c(=O)[nH]1. The Balaban J connectivity index is 1.66. The Morgan fingerprint density at radius 1 is 1.25 bits per heavy atom. The first-order chi connectivity index (χ1) is 11.7. The number of aromatic nitrogens is 5. The molecule has 1 aliphatic carbocycles. The normalized spacial score (nSPS) is 14.0. The van der Waals surface area contributed by atoms with E-state index in [0.29, 0.717) is 30.3 Å². The smallest absolute Gasteiger partial charge is 0.254 e. The van der Waals surface area contributed by atoms with Gasteiger partial charge in [-0.1, -0.05) is 30.3 Å². The van der Waals surface area contributed by atoms with Crippen LogP contribution in [0.5, 0.6) is 0 Å². The number of hydrogen-bond donors (Lipinski definition) is 1. The average molecular weight is 321 g/mol. The summed E-state index contributed by atoms with van der Waals surface area (Å²) in [5.74, 6) is 2.82. The van der Waals surface area contributed by atoms with Gasteiger partial charge >= 0.3 is 0 Å². The lowest BCUT2D eigenvalue weighted by atomic mass is 10.2. The molecule has 24 heavy (non-hydrogen) atoms. The van der Waals surface area contributed by atoms with Gasteiger partial charge < -0.3 is 4.98 Å². The van der Waals surface area contributed by atoms with Crippen LogP contribution in [0.1, 0.15) is 47.4 Å². The Morgan fingerprint density at radius 3 is 2.75 bits per heavy atom. The molecule has 3 aromatic rings. The Hall–Kier alpha value is -2.76. The van der Waals surface area contributed by atoms with E-state index in [1.54, 1.807) is 13.1 Å². The van der Waals surface area contributed by atoms with E-state index in [2.05, 4.69) is 27.2 Å². The summed E-state index contributed by atoms with van der Waals surface area (Å²) >= 11 is 0. The minimum atomic E-state index is -0.107. The lowest BCUT2D eigenvalue weighted by Gasteiger charge is -2.06. The van der Waals surface area contributed by atoms with Crippen molar-refractivity contribution in [1.29, 1.82) is 0 Å². The molecule has 1 saturated carbocycles. The Morgan fingerprint density at radius 2 is 2.04 bits per heavy atom. The number of hydrogen-bond acceptors (Lipinski definition) is 4. The fourth-order valence-corrected chi connectivity index (χ4v) is 2.73. The summed E-state index contributed by atoms with van der Waals surface area (Å²) in [4.78, 5) is 23.7. The van der Waals surface area contributed by atoms with Gasteiger partial charge in [-0.15, -0.1) is 0 Å². The molecule has 0 saturated heterocycles. The van der Waals surface area contributed by atoms with E-state index in [-0.39, 0.29) is 5.56 Å². The van der Waals surface area contributed by atoms with Gasteiger partial charge in [0, 0.05) is 24.1 Å². The predicted molar refractivity (Wildman–Crippen MR) is 89.9 cm³/mol. The molecule has 1 fully saturated rings. The van der Waals surface area contributed by atoms with Crippen LogP contribution < -0.4 is 5.56 Å². The van der Waals surface area contributed by atoms with Crippen LogP contribution in [0.25, 0.3) is 0 Å². The number of H-pyrrole nitrogens is 1. The first kappa shape index (κ1) is 14.8. The molecule has 122 valence electrons. The molecule has 0 aliphatic heterocycles. The standard InChI is InChI=1S/C18H19N5O/c1-12-19-10-15(18(24)20-12)9-16-21-17(14-7-8-14)22-23(16)11-13-5-3-2-4-6-13/h2-6,10,14H,7-9,11H2,1H3,(H,19,20,24). The van der Waals surface area contributed by atoms with Gasteiger partial charge in [-0.05, 0) is 25.3 Å². The van der Waals surface area contributed by atoms with Crippen molar-refractivity contribution in [2.45, 2.75) is 38.6 Å². The highest BCUT2D eigenvalue weighted by Gasteiger charge is 2.29. The van der Waals surface area contributed by atoms with Crippen LogP contribution in [0.15, 0.2) is 41.3 Å². The van der Waals surface area contributed by atoms with Gasteiger partial charge in [-0.25, -0.2) is 14.6 Å². The molecule has 0 amide bonds. The van der Waals surface area contributed by atoms with Crippen molar-refractivity contribution in [2.24, 2.45) is 0 Å². The molecule has 0 radical (unpaired) electrons. The Kier molecular flexibility index (Phi) is 3.72. The largest absolute Gasteiger partial charge is 0.311 e. The van der Waals surface area contributed by atoms with Crippen LogP contribution in [0.3, 0.4) is 0 Å². The van der Waals surface area contributed by atoms with E-state index in [1.807, 2.05) is 22.9 Å². The maximum Gasteiger partial charge on any atom is 0.254 e. The number of aryl methyl sites for hydroxylation is 1. The number of nitrogens with zero attached hydrogens (tertiary/aromatic N) is 4. The fourth-order valence-electron chi connectivity index (χ4n) is 2.73. The van der Waals surface area contributed by atoms with Crippen LogP contribution >= 0.6 is 0 Å². The number of nitrogens with one attached hydrogen (secondary N) is 1. The Bertz CT molecular complexity index is 909. The van der Waals surface area contributed by atoms with Gasteiger partial charge in [-0.2, -0.15) is 5.10 Å². The highest BCUT2D eigenvalue weighted by molar-refractivity contribution is 5.18. The van der Waals surface area contributed by atoms with Gasteiger partial charge in [0.05, 0.1) is 6.54 Å². The van der Waals surface area contributed by atoms with Crippen LogP contribution in [0, 0.1) is 6.92 Å². The van der Waals surface area contributed by atoms with E-state index in [0.717, 1.165) is 24.5 Å². The summed E-state index contributed by atoms with van der Waals surface area (Å²) in [5, 5.41) is 4.68. The van der Waals surface area contributed by atoms with Crippen LogP contribution in [-0.4, -0.2) is 24.7 Å². The molecule has 1 aromatic carbocycles. The highest BCUT2D eigenvalue weighted by atomic mass is 16.1. The molecule has 1 aliphatic rings. The monoisotopic (exact) mass is 321 g/mol. The zero-order valence-electron chi connectivity index (χ0n) is 13.6. The first-order valence-corrected chi connectivity index (χ1v) is 8.21. The summed E-state index contributed by atoms with van der Waals surface area (Å²) in [5.41, 5.74) is 1.68. The summed E-state index contributed by atoms with van der Waals surface area (Å²) in [6, 6.07) is 10.2. The van der Waals surface area contributed by atoms with E-state index in [4.69, 9.17) is 4.98 Å². The summed E-state index contributed by atoms with van der Waals surface area (Å²) in [6.45, 7) is 2.43. The van der Waals surface area contributed by atoms with Crippen molar-refractivity contribution in [2.75, 3.05) is 0 Å². The van der Waals surface area contributed by atoms with Crippen molar-refractivity contribution in [1.82, 2.24) is 24.7 Å². The van der Waals surface area contributed by atoms with Gasteiger partial charge in [0.25, 0.3) is 5.56 Å². The zero-order valence-corrected chi connectivity index (χ0v) is 13.6. The maximum atomic E-state index is 12.1. The third-order valence-electron chi connectivity index (χ3n) is 4.23. The second kappa shape index (κ2) is 6.03. The predicted octanol–water partition coefficient (Wildman–Crippen LogP) is 2.19. The van der Waals surface area contributed by atoms with Crippen molar-refractivity contribution < 1.29 is 0 Å². The molecule has 0 unspecified atom stereocenters. The topological polar surface area (TPSA) is 76.5 Å². The molecule has 4 rings (SSSR count). The third kappa shape index (κ3) is 3.13. The van der Waals surface area contributed by atoms with Crippen molar-refractivity contribution in [3.05, 3.63) is 75.5 Å². The van der Waals surface area contributed by atoms with E-state index < -0.39 is 0 Å². The second-order valence-electron chi connectivity index (χ2n) is 6.30. The summed E-state index contributed by atoms with van der Waals surface area (Å²) < 4.78 is 1.92. The molecule has 0 atom stereocenters. The lowest BCUT2D eigenvalue weighted by Crippen LogP contribution is -2.17. The zero-order chi connectivity index (χ0) is 16.5. The van der Waals surface area contributed by atoms with E-state index >= 15 is 0 Å². The molecule has 0 spiro atoms. The molecule has 0 bridgehead atoms. The summed E-state index contributed by atoms with van der Waals surface area (Å²) in [6.07, 6.45) is 4.38. The van der Waals surface area contributed by atoms with Gasteiger partial charge in [0.1, 0.15) is 11.6 Å². The van der Waals surface area contributed by atoms with Crippen LogP contribution in [0.2, 0.25) is 0 Å². The lowest BCUT2D eigenvalue weighted by molar-refractivity contribution is 0.639. The van der Waals surface area contributed by atoms with Gasteiger partial charge in [0.2, 0.25) is 0 Å². The molecule has 2 aromatic heterocycles. The number of benzene rings is 1. The first-order valence-electron chi connectivity index (χ1n) is 8.21. The van der Waals surface area contributed by atoms with Gasteiger partial charge in [-0.3, -0.25) is 4.79 Å². The summed E-state index contributed by atoms with van der Waals surface area (Å²) in [7, 11) is 0. The molecule has 6 nitrogen and oxygen atoms in total. The molecule has 6 heteroatoms. The molecule has 1 N–H and O–H groups in total. The van der Waals surface area contributed by atoms with Crippen LogP contribution in [0.4, 0.5) is 0 Å². The minimum absolute atomic E-state index is 0.107. The average Bonchev–Trinajstić information content (AvgIpc) is 3.35. The van der Waals surface area contributed by atoms with E-state index in [9.17, 15) is 4.79 Å². The van der Waals surface area contributed by atoms with E-state index in [1.165, 1.54) is 5.56 Å². The molecular formula is C18H19N5O. The molecule has 2 heterocycles. The van der Waals surface area contributed by atoms with Gasteiger partial charge in [0.15, 0.2) is 5.82 Å². The number of rotatable bonds is 5. The van der Waals surface area contributed by atoms with Crippen LogP contribution in [-0.2, 0) is 13.0 Å². The molecular weight excluding hydrogens is 302 g/mol. The fraction of sp³-hybridized carbons (Fsp3) is 0.333. The number of aromatic amines is 1. The minimum Gasteiger partial charge on any atom is -0.311 e. The second-order valence-corrected chi connectivity index (χ2v) is 6.30. The third-order valence-corrected chi connectivity index (χ3v) is 4.23. The highest BCUT2D eigenvalue weighted by Crippen LogP contribution is 2.38. The van der Waals surface area contributed by atoms with Crippen molar-refractivity contribution in [3.63, 3.8) is 0 Å². The van der Waals surface area contributed by atoms with Crippen molar-refractivity contribution >= 4 is 0 Å².